The Morgan fingerprint density at radius 1 is 1.24 bits per heavy atom. The third kappa shape index (κ3) is 2.49. The summed E-state index contributed by atoms with van der Waals surface area (Å²) >= 11 is 0. The van der Waals surface area contributed by atoms with Crippen LogP contribution in [0.2, 0.25) is 0 Å². The lowest BCUT2D eigenvalue weighted by atomic mass is 10.1. The number of hydrogen-bond acceptors (Lipinski definition) is 4. The van der Waals surface area contributed by atoms with Crippen molar-refractivity contribution in [2.45, 2.75) is 13.5 Å². The largest absolute Gasteiger partial charge is 0.313 e. The summed E-state index contributed by atoms with van der Waals surface area (Å²) in [4.78, 5) is 0. The van der Waals surface area contributed by atoms with Gasteiger partial charge in [-0.1, -0.05) is 30.3 Å². The summed E-state index contributed by atoms with van der Waals surface area (Å²) in [5.41, 5.74) is 4.15. The van der Waals surface area contributed by atoms with Crippen LogP contribution in [-0.4, -0.2) is 21.5 Å². The maximum Gasteiger partial charge on any atom is 0.113 e. The Labute approximate surface area is 122 Å². The standard InChI is InChI=1S/C16H15N5/c1-2-18-11-12-7-8-15(13(9-12)10-17)21-16-6-4-3-5-14(16)19-20-21/h3-9,18H,2,11H2,1H3. The summed E-state index contributed by atoms with van der Waals surface area (Å²) in [6.07, 6.45) is 0. The van der Waals surface area contributed by atoms with Crippen LogP contribution in [0, 0.1) is 11.3 Å². The molecule has 0 radical (unpaired) electrons. The lowest BCUT2D eigenvalue weighted by molar-refractivity contribution is 0.726. The van der Waals surface area contributed by atoms with E-state index in [9.17, 15) is 5.26 Å². The Kier molecular flexibility index (Phi) is 3.63. The number of aromatic nitrogens is 3. The average Bonchev–Trinajstić information content (AvgIpc) is 2.96. The van der Waals surface area contributed by atoms with E-state index in [0.29, 0.717) is 5.56 Å². The second kappa shape index (κ2) is 5.73. The second-order valence-corrected chi connectivity index (χ2v) is 4.73. The monoisotopic (exact) mass is 277 g/mol. The normalized spacial score (nSPS) is 10.7. The molecule has 1 N–H and O–H groups in total. The topological polar surface area (TPSA) is 66.5 Å². The molecule has 0 amide bonds. The summed E-state index contributed by atoms with van der Waals surface area (Å²) in [5, 5.41) is 21.0. The number of para-hydroxylation sites is 1. The van der Waals surface area contributed by atoms with Gasteiger partial charge in [-0.05, 0) is 36.4 Å². The summed E-state index contributed by atoms with van der Waals surface area (Å²) in [5.74, 6) is 0. The summed E-state index contributed by atoms with van der Waals surface area (Å²) < 4.78 is 1.71. The van der Waals surface area contributed by atoms with Crippen molar-refractivity contribution in [3.05, 3.63) is 53.6 Å². The van der Waals surface area contributed by atoms with Crippen molar-refractivity contribution in [1.82, 2.24) is 20.3 Å². The third-order valence-electron chi connectivity index (χ3n) is 3.34. The van der Waals surface area contributed by atoms with Gasteiger partial charge in [-0.25, -0.2) is 4.68 Å². The number of nitrogens with one attached hydrogen (secondary N) is 1. The van der Waals surface area contributed by atoms with E-state index in [1.165, 1.54) is 0 Å². The Hall–Kier alpha value is -2.71. The summed E-state index contributed by atoms with van der Waals surface area (Å²) in [7, 11) is 0. The minimum atomic E-state index is 0.598. The van der Waals surface area contributed by atoms with Gasteiger partial charge in [0, 0.05) is 6.54 Å². The van der Waals surface area contributed by atoms with Crippen LogP contribution in [0.5, 0.6) is 0 Å². The molecule has 0 saturated heterocycles. The quantitative estimate of drug-likeness (QED) is 0.795. The van der Waals surface area contributed by atoms with Gasteiger partial charge in [0.2, 0.25) is 0 Å². The van der Waals surface area contributed by atoms with Gasteiger partial charge in [-0.15, -0.1) is 5.10 Å². The molecule has 0 aliphatic carbocycles. The molecule has 0 atom stereocenters. The first-order valence-corrected chi connectivity index (χ1v) is 6.88. The van der Waals surface area contributed by atoms with Crippen molar-refractivity contribution in [3.63, 3.8) is 0 Å². The third-order valence-corrected chi connectivity index (χ3v) is 3.34. The molecule has 0 saturated carbocycles. The number of nitrogens with zero attached hydrogens (tertiary/aromatic N) is 4. The first-order valence-electron chi connectivity index (χ1n) is 6.88. The van der Waals surface area contributed by atoms with E-state index in [1.807, 2.05) is 42.5 Å². The zero-order chi connectivity index (χ0) is 14.7. The molecule has 0 aliphatic rings. The van der Waals surface area contributed by atoms with E-state index >= 15 is 0 Å². The van der Waals surface area contributed by atoms with Crippen molar-refractivity contribution >= 4 is 11.0 Å². The lowest BCUT2D eigenvalue weighted by Gasteiger charge is -2.08. The lowest BCUT2D eigenvalue weighted by Crippen LogP contribution is -2.12. The van der Waals surface area contributed by atoms with E-state index in [1.54, 1.807) is 4.68 Å². The smallest absolute Gasteiger partial charge is 0.113 e. The van der Waals surface area contributed by atoms with Gasteiger partial charge in [0.25, 0.3) is 0 Å². The zero-order valence-corrected chi connectivity index (χ0v) is 11.7. The molecule has 0 spiro atoms. The van der Waals surface area contributed by atoms with Crippen LogP contribution < -0.4 is 5.32 Å². The number of fused-ring (bicyclic) bond motifs is 1. The van der Waals surface area contributed by atoms with Gasteiger partial charge >= 0.3 is 0 Å². The molecule has 0 bridgehead atoms. The highest BCUT2D eigenvalue weighted by molar-refractivity contribution is 5.76. The number of hydrogen-bond donors (Lipinski definition) is 1. The van der Waals surface area contributed by atoms with Gasteiger partial charge in [0.05, 0.1) is 16.8 Å². The predicted molar refractivity (Wildman–Crippen MR) is 81.0 cm³/mol. The molecule has 3 rings (SSSR count). The van der Waals surface area contributed by atoms with E-state index in [0.717, 1.165) is 35.4 Å². The van der Waals surface area contributed by atoms with Crippen molar-refractivity contribution in [1.29, 1.82) is 5.26 Å². The Bertz CT molecular complexity index is 813. The molecule has 2 aromatic carbocycles. The first kappa shape index (κ1) is 13.3. The van der Waals surface area contributed by atoms with Crippen LogP contribution in [0.4, 0.5) is 0 Å². The van der Waals surface area contributed by atoms with Crippen LogP contribution in [0.1, 0.15) is 18.1 Å². The Balaban J connectivity index is 2.08. The summed E-state index contributed by atoms with van der Waals surface area (Å²) in [6.45, 7) is 3.71. The fourth-order valence-corrected chi connectivity index (χ4v) is 2.28. The molecular weight excluding hydrogens is 262 g/mol. The molecular formula is C16H15N5. The number of rotatable bonds is 4. The predicted octanol–water partition coefficient (Wildman–Crippen LogP) is 2.40. The molecule has 0 unspecified atom stereocenters. The van der Waals surface area contributed by atoms with E-state index in [2.05, 4.69) is 28.6 Å². The van der Waals surface area contributed by atoms with Gasteiger partial charge in [-0.3, -0.25) is 0 Å². The van der Waals surface area contributed by atoms with E-state index in [-0.39, 0.29) is 0 Å². The fraction of sp³-hybridized carbons (Fsp3) is 0.188. The highest BCUT2D eigenvalue weighted by Crippen LogP contribution is 2.20. The molecule has 1 heterocycles. The molecule has 21 heavy (non-hydrogen) atoms. The molecule has 5 nitrogen and oxygen atoms in total. The minimum Gasteiger partial charge on any atom is -0.313 e. The van der Waals surface area contributed by atoms with Gasteiger partial charge in [0.15, 0.2) is 0 Å². The molecule has 5 heteroatoms. The molecule has 0 aliphatic heterocycles. The average molecular weight is 277 g/mol. The number of benzene rings is 2. The Morgan fingerprint density at radius 3 is 2.90 bits per heavy atom. The van der Waals surface area contributed by atoms with Crippen molar-refractivity contribution < 1.29 is 0 Å². The van der Waals surface area contributed by atoms with Crippen LogP contribution in [0.25, 0.3) is 16.7 Å². The van der Waals surface area contributed by atoms with Gasteiger partial charge < -0.3 is 5.32 Å². The highest BCUT2D eigenvalue weighted by atomic mass is 15.4. The van der Waals surface area contributed by atoms with Crippen LogP contribution in [0.3, 0.4) is 0 Å². The van der Waals surface area contributed by atoms with E-state index < -0.39 is 0 Å². The van der Waals surface area contributed by atoms with E-state index in [4.69, 9.17) is 0 Å². The molecule has 3 aromatic rings. The van der Waals surface area contributed by atoms with Crippen molar-refractivity contribution in [3.8, 4) is 11.8 Å². The zero-order valence-electron chi connectivity index (χ0n) is 11.7. The first-order chi connectivity index (χ1) is 10.3. The molecule has 1 aromatic heterocycles. The van der Waals surface area contributed by atoms with Crippen LogP contribution in [0.15, 0.2) is 42.5 Å². The van der Waals surface area contributed by atoms with Crippen molar-refractivity contribution in [2.24, 2.45) is 0 Å². The minimum absolute atomic E-state index is 0.598. The van der Waals surface area contributed by atoms with Crippen molar-refractivity contribution in [2.75, 3.05) is 6.54 Å². The van der Waals surface area contributed by atoms with Crippen LogP contribution in [-0.2, 0) is 6.54 Å². The maximum absolute atomic E-state index is 9.41. The molecule has 0 fully saturated rings. The fourth-order valence-electron chi connectivity index (χ4n) is 2.28. The molecule has 104 valence electrons. The number of nitriles is 1. The van der Waals surface area contributed by atoms with Gasteiger partial charge in [0.1, 0.15) is 11.6 Å². The highest BCUT2D eigenvalue weighted by Gasteiger charge is 2.10. The van der Waals surface area contributed by atoms with Crippen LogP contribution >= 0.6 is 0 Å². The maximum atomic E-state index is 9.41. The SMILES string of the molecule is CCNCc1ccc(-n2nnc3ccccc32)c(C#N)c1. The van der Waals surface area contributed by atoms with Gasteiger partial charge in [-0.2, -0.15) is 5.26 Å². The Morgan fingerprint density at radius 2 is 2.10 bits per heavy atom. The second-order valence-electron chi connectivity index (χ2n) is 4.73. The summed E-state index contributed by atoms with van der Waals surface area (Å²) in [6, 6.07) is 15.8.